The lowest BCUT2D eigenvalue weighted by molar-refractivity contribution is -0.147. The molecule has 7 nitrogen and oxygen atoms in total. The van der Waals surface area contributed by atoms with Gasteiger partial charge < -0.3 is 19.8 Å². The predicted octanol–water partition coefficient (Wildman–Crippen LogP) is 4.03. The molecule has 0 amide bonds. The summed E-state index contributed by atoms with van der Waals surface area (Å²) in [6.07, 6.45) is 7.90. The number of carbonyl (C=O) groups is 1. The normalized spacial score (nSPS) is 15.2. The first kappa shape index (κ1) is 20.2. The van der Waals surface area contributed by atoms with Crippen LogP contribution in [0, 0.1) is 18.3 Å². The highest BCUT2D eigenvalue weighted by Gasteiger charge is 2.32. The summed E-state index contributed by atoms with van der Waals surface area (Å²) >= 11 is 0. The molecule has 4 rings (SSSR count). The van der Waals surface area contributed by atoms with E-state index in [9.17, 15) is 10.1 Å². The molecule has 1 aliphatic rings. The Morgan fingerprint density at radius 3 is 3.00 bits per heavy atom. The minimum atomic E-state index is -0.370. The van der Waals surface area contributed by atoms with Gasteiger partial charge in [0.2, 0.25) is 5.88 Å². The third kappa shape index (κ3) is 3.76. The largest absolute Gasteiger partial charge is 0.444 e. The van der Waals surface area contributed by atoms with Crippen molar-refractivity contribution in [1.82, 2.24) is 9.55 Å². The van der Waals surface area contributed by atoms with Crippen molar-refractivity contribution < 1.29 is 14.3 Å². The maximum Gasteiger partial charge on any atom is 0.307 e. The number of pyridine rings is 1. The van der Waals surface area contributed by atoms with E-state index in [4.69, 9.17) is 15.2 Å². The van der Waals surface area contributed by atoms with E-state index in [-0.39, 0.29) is 24.5 Å². The van der Waals surface area contributed by atoms with Gasteiger partial charge in [0.15, 0.2) is 6.73 Å². The van der Waals surface area contributed by atoms with Crippen LogP contribution in [-0.4, -0.2) is 15.5 Å². The molecule has 2 N–H and O–H groups in total. The Bertz CT molecular complexity index is 1250. The number of aromatic nitrogens is 2. The van der Waals surface area contributed by atoms with Crippen LogP contribution in [0.1, 0.15) is 35.4 Å². The zero-order chi connectivity index (χ0) is 22.0. The van der Waals surface area contributed by atoms with Crippen molar-refractivity contribution >= 4 is 16.9 Å². The number of hydrogen-bond donors (Lipinski definition) is 1. The summed E-state index contributed by atoms with van der Waals surface area (Å²) in [5, 5.41) is 10.6. The lowest BCUT2D eigenvalue weighted by Gasteiger charge is -2.27. The Balaban J connectivity index is 1.74. The van der Waals surface area contributed by atoms with Crippen molar-refractivity contribution in [3.8, 4) is 11.8 Å². The Labute approximate surface area is 180 Å². The van der Waals surface area contributed by atoms with E-state index in [2.05, 4.69) is 17.6 Å². The van der Waals surface area contributed by atoms with Gasteiger partial charge in [0.1, 0.15) is 17.4 Å². The molecule has 0 saturated heterocycles. The number of rotatable bonds is 6. The van der Waals surface area contributed by atoms with E-state index in [0.29, 0.717) is 24.2 Å². The summed E-state index contributed by atoms with van der Waals surface area (Å²) in [6.45, 7) is 5.66. The first-order valence-corrected chi connectivity index (χ1v) is 9.91. The zero-order valence-corrected chi connectivity index (χ0v) is 17.2. The topological polar surface area (TPSA) is 103 Å². The number of benzene rings is 1. The van der Waals surface area contributed by atoms with Crippen LogP contribution in [-0.2, 0) is 16.3 Å². The van der Waals surface area contributed by atoms with E-state index in [1.54, 1.807) is 18.5 Å². The van der Waals surface area contributed by atoms with Gasteiger partial charge in [0.05, 0.1) is 11.4 Å². The molecule has 31 heavy (non-hydrogen) atoms. The van der Waals surface area contributed by atoms with Crippen LogP contribution in [0.4, 0.5) is 0 Å². The summed E-state index contributed by atoms with van der Waals surface area (Å²) < 4.78 is 13.1. The molecule has 156 valence electrons. The smallest absolute Gasteiger partial charge is 0.307 e. The molecule has 7 heteroatoms. The third-order valence-corrected chi connectivity index (χ3v) is 5.28. The van der Waals surface area contributed by atoms with Crippen molar-refractivity contribution in [1.29, 1.82) is 5.26 Å². The fourth-order valence-electron chi connectivity index (χ4n) is 3.81. The van der Waals surface area contributed by atoms with Crippen LogP contribution in [0.25, 0.3) is 10.9 Å². The van der Waals surface area contributed by atoms with Crippen LogP contribution in [0.15, 0.2) is 67.0 Å². The molecule has 0 spiro atoms. The van der Waals surface area contributed by atoms with E-state index in [0.717, 1.165) is 27.6 Å². The van der Waals surface area contributed by atoms with E-state index in [1.807, 2.05) is 42.0 Å². The van der Waals surface area contributed by atoms with E-state index in [1.165, 1.54) is 0 Å². The molecule has 1 aliphatic heterocycles. The fraction of sp³-hybridized carbons (Fsp3) is 0.208. The minimum Gasteiger partial charge on any atom is -0.444 e. The first-order chi connectivity index (χ1) is 15.0. The summed E-state index contributed by atoms with van der Waals surface area (Å²) in [5.41, 5.74) is 10.0. The van der Waals surface area contributed by atoms with Crippen LogP contribution in [0.3, 0.4) is 0 Å². The third-order valence-electron chi connectivity index (χ3n) is 5.28. The average Bonchev–Trinajstić information content (AvgIpc) is 3.18. The highest BCUT2D eigenvalue weighted by molar-refractivity contribution is 5.89. The molecule has 3 heterocycles. The highest BCUT2D eigenvalue weighted by Crippen LogP contribution is 2.45. The maximum absolute atomic E-state index is 11.8. The minimum absolute atomic E-state index is 0.0811. The molecule has 0 radical (unpaired) electrons. The van der Waals surface area contributed by atoms with Gasteiger partial charge in [-0.15, -0.1) is 6.58 Å². The molecule has 0 aliphatic carbocycles. The molecule has 1 aromatic carbocycles. The summed E-state index contributed by atoms with van der Waals surface area (Å²) in [5.74, 6) is 0.0225. The van der Waals surface area contributed by atoms with Crippen molar-refractivity contribution in [2.75, 3.05) is 0 Å². The van der Waals surface area contributed by atoms with Crippen LogP contribution in [0.2, 0.25) is 0 Å². The van der Waals surface area contributed by atoms with Gasteiger partial charge in [-0.1, -0.05) is 18.2 Å². The number of fused-ring (bicyclic) bond motifs is 3. The van der Waals surface area contributed by atoms with Gasteiger partial charge >= 0.3 is 5.97 Å². The second-order valence-corrected chi connectivity index (χ2v) is 7.40. The quantitative estimate of drug-likeness (QED) is 0.482. The monoisotopic (exact) mass is 414 g/mol. The van der Waals surface area contributed by atoms with Crippen LogP contribution in [0.5, 0.6) is 5.75 Å². The number of hydrogen-bond acceptors (Lipinski definition) is 6. The number of nitrogens with zero attached hydrogens (tertiary/aromatic N) is 3. The SMILES string of the molecule is C=CCCC(=O)OCn1ccc2c3c(ccc21)C(c1cncc(C)c1)C(C#N)=C(N)O3. The van der Waals surface area contributed by atoms with Crippen LogP contribution >= 0.6 is 0 Å². The molecular weight excluding hydrogens is 392 g/mol. The highest BCUT2D eigenvalue weighted by atomic mass is 16.5. The van der Waals surface area contributed by atoms with Crippen molar-refractivity contribution in [3.63, 3.8) is 0 Å². The number of aryl methyl sites for hydroxylation is 1. The van der Waals surface area contributed by atoms with Gasteiger partial charge in [0.25, 0.3) is 0 Å². The summed E-state index contributed by atoms with van der Waals surface area (Å²) in [4.78, 5) is 16.1. The molecule has 0 bridgehead atoms. The molecule has 0 saturated carbocycles. The van der Waals surface area contributed by atoms with Crippen molar-refractivity contribution in [2.45, 2.75) is 32.4 Å². The number of nitriles is 1. The molecular formula is C24H22N4O3. The standard InChI is InChI=1S/C24H22N4O3/c1-3-4-5-21(29)30-14-28-9-8-17-20(28)7-6-18-22(16-10-15(2)12-27-13-16)19(11-25)24(26)31-23(17)18/h3,6-10,12-13,22H,1,4-5,14,26H2,2H3. The Morgan fingerprint density at radius 2 is 2.26 bits per heavy atom. The van der Waals surface area contributed by atoms with Gasteiger partial charge in [-0.25, -0.2) is 0 Å². The maximum atomic E-state index is 11.8. The number of nitrogens with two attached hydrogens (primary N) is 1. The molecule has 2 aromatic heterocycles. The molecule has 0 fully saturated rings. The second kappa shape index (κ2) is 8.36. The van der Waals surface area contributed by atoms with E-state index >= 15 is 0 Å². The van der Waals surface area contributed by atoms with Crippen LogP contribution < -0.4 is 10.5 Å². The van der Waals surface area contributed by atoms with Gasteiger partial charge in [0, 0.05) is 36.0 Å². The first-order valence-electron chi connectivity index (χ1n) is 9.91. The van der Waals surface area contributed by atoms with Gasteiger partial charge in [-0.05, 0) is 36.6 Å². The van der Waals surface area contributed by atoms with Gasteiger partial charge in [-0.2, -0.15) is 5.26 Å². The average molecular weight is 414 g/mol. The Morgan fingerprint density at radius 1 is 1.42 bits per heavy atom. The zero-order valence-electron chi connectivity index (χ0n) is 17.2. The number of carbonyl (C=O) groups excluding carboxylic acids is 1. The number of allylic oxidation sites excluding steroid dienone is 2. The molecule has 1 unspecified atom stereocenters. The lowest BCUT2D eigenvalue weighted by Crippen LogP contribution is -2.21. The lowest BCUT2D eigenvalue weighted by atomic mass is 9.83. The van der Waals surface area contributed by atoms with E-state index < -0.39 is 0 Å². The van der Waals surface area contributed by atoms with Crippen molar-refractivity contribution in [2.24, 2.45) is 5.73 Å². The Kier molecular flexibility index (Phi) is 5.46. The summed E-state index contributed by atoms with van der Waals surface area (Å²) in [6, 6.07) is 9.94. The Hall–Kier alpha value is -4.05. The van der Waals surface area contributed by atoms with Gasteiger partial charge in [-0.3, -0.25) is 9.78 Å². The number of ether oxygens (including phenoxy) is 2. The molecule has 1 atom stereocenters. The molecule has 3 aromatic rings. The van der Waals surface area contributed by atoms with Crippen molar-refractivity contribution in [3.05, 3.63) is 83.7 Å². The second-order valence-electron chi connectivity index (χ2n) is 7.40. The fourth-order valence-corrected chi connectivity index (χ4v) is 3.81. The number of esters is 1. The predicted molar refractivity (Wildman–Crippen MR) is 116 cm³/mol. The summed E-state index contributed by atoms with van der Waals surface area (Å²) in [7, 11) is 0.